The van der Waals surface area contributed by atoms with E-state index in [1.54, 1.807) is 0 Å². The average molecular weight is 264 g/mol. The lowest BCUT2D eigenvalue weighted by Crippen LogP contribution is -2.51. The molecule has 0 spiro atoms. The minimum Gasteiger partial charge on any atom is -0.355 e. The lowest BCUT2D eigenvalue weighted by molar-refractivity contribution is -0.132. The highest BCUT2D eigenvalue weighted by Crippen LogP contribution is 2.48. The monoisotopic (exact) mass is 264 g/mol. The molecule has 3 rings (SSSR count). The lowest BCUT2D eigenvalue weighted by Gasteiger charge is -2.36. The van der Waals surface area contributed by atoms with Crippen LogP contribution in [0.25, 0.3) is 0 Å². The molecule has 3 nitrogen and oxygen atoms in total. The Morgan fingerprint density at radius 2 is 2.26 bits per heavy atom. The van der Waals surface area contributed by atoms with Crippen molar-refractivity contribution < 1.29 is 4.79 Å². The number of carbonyl (C=O) groups excluding carboxylic acids is 1. The van der Waals surface area contributed by atoms with Gasteiger partial charge in [-0.3, -0.25) is 4.79 Å². The van der Waals surface area contributed by atoms with Crippen molar-refractivity contribution in [3.63, 3.8) is 0 Å². The molecule has 0 aromatic rings. The summed E-state index contributed by atoms with van der Waals surface area (Å²) >= 11 is 0. The largest absolute Gasteiger partial charge is 0.355 e. The summed E-state index contributed by atoms with van der Waals surface area (Å²) in [5, 5.41) is 6.69. The number of hydrogen-bond donors (Lipinski definition) is 2. The number of nitrogens with one attached hydrogen (secondary N) is 2. The zero-order valence-corrected chi connectivity index (χ0v) is 12.2. The van der Waals surface area contributed by atoms with Gasteiger partial charge in [0, 0.05) is 13.1 Å². The molecule has 2 bridgehead atoms. The Kier molecular flexibility index (Phi) is 3.84. The molecule has 4 unspecified atom stereocenters. The van der Waals surface area contributed by atoms with Crippen molar-refractivity contribution in [2.75, 3.05) is 19.6 Å². The topological polar surface area (TPSA) is 41.1 Å². The van der Waals surface area contributed by atoms with E-state index in [-0.39, 0.29) is 5.41 Å². The molecular formula is C16H28N2O. The van der Waals surface area contributed by atoms with Crippen LogP contribution in [0.2, 0.25) is 0 Å². The molecule has 1 aliphatic heterocycles. The summed E-state index contributed by atoms with van der Waals surface area (Å²) in [6.45, 7) is 5.03. The average Bonchev–Trinajstić information content (AvgIpc) is 3.08. The molecule has 19 heavy (non-hydrogen) atoms. The van der Waals surface area contributed by atoms with Gasteiger partial charge in [-0.1, -0.05) is 13.3 Å². The van der Waals surface area contributed by atoms with Crippen molar-refractivity contribution in [3.8, 4) is 0 Å². The smallest absolute Gasteiger partial charge is 0.227 e. The molecule has 3 aliphatic rings. The lowest BCUT2D eigenvalue weighted by atomic mass is 9.77. The third kappa shape index (κ3) is 2.54. The quantitative estimate of drug-likeness (QED) is 0.818. The highest BCUT2D eigenvalue weighted by atomic mass is 16.2. The van der Waals surface area contributed by atoms with Crippen LogP contribution in [-0.4, -0.2) is 25.5 Å². The van der Waals surface area contributed by atoms with Crippen molar-refractivity contribution in [2.45, 2.75) is 51.9 Å². The second-order valence-corrected chi connectivity index (χ2v) is 7.06. The maximum Gasteiger partial charge on any atom is 0.227 e. The van der Waals surface area contributed by atoms with Crippen LogP contribution in [-0.2, 0) is 4.79 Å². The van der Waals surface area contributed by atoms with E-state index in [4.69, 9.17) is 0 Å². The molecule has 3 heteroatoms. The minimum atomic E-state index is -0.129. The van der Waals surface area contributed by atoms with Gasteiger partial charge in [-0.05, 0) is 62.8 Å². The Morgan fingerprint density at radius 1 is 1.37 bits per heavy atom. The summed E-state index contributed by atoms with van der Waals surface area (Å²) in [5.74, 6) is 2.97. The molecule has 0 aromatic heterocycles. The molecule has 1 heterocycles. The van der Waals surface area contributed by atoms with Crippen LogP contribution in [0.1, 0.15) is 51.9 Å². The number of piperidine rings is 1. The van der Waals surface area contributed by atoms with Gasteiger partial charge in [0.15, 0.2) is 0 Å². The van der Waals surface area contributed by atoms with Gasteiger partial charge in [-0.15, -0.1) is 0 Å². The molecule has 1 saturated heterocycles. The number of fused-ring (bicyclic) bond motifs is 2. The predicted octanol–water partition coefficient (Wildman–Crippen LogP) is 2.32. The molecule has 2 saturated carbocycles. The fraction of sp³-hybridized carbons (Fsp3) is 0.938. The Balaban J connectivity index is 1.52. The van der Waals surface area contributed by atoms with Crippen LogP contribution in [0.5, 0.6) is 0 Å². The Hall–Kier alpha value is -0.570. The summed E-state index contributed by atoms with van der Waals surface area (Å²) in [5.41, 5.74) is -0.129. The van der Waals surface area contributed by atoms with E-state index >= 15 is 0 Å². The second-order valence-electron chi connectivity index (χ2n) is 7.06. The van der Waals surface area contributed by atoms with Gasteiger partial charge in [0.1, 0.15) is 0 Å². The van der Waals surface area contributed by atoms with Crippen molar-refractivity contribution >= 4 is 5.91 Å². The van der Waals surface area contributed by atoms with E-state index in [1.165, 1.54) is 25.7 Å². The number of rotatable bonds is 4. The molecular weight excluding hydrogens is 236 g/mol. The molecule has 0 radical (unpaired) electrons. The molecule has 2 N–H and O–H groups in total. The molecule has 0 aromatic carbocycles. The van der Waals surface area contributed by atoms with Crippen molar-refractivity contribution in [1.29, 1.82) is 0 Å². The van der Waals surface area contributed by atoms with E-state index < -0.39 is 0 Å². The number of amides is 1. The van der Waals surface area contributed by atoms with Crippen molar-refractivity contribution in [3.05, 3.63) is 0 Å². The van der Waals surface area contributed by atoms with Crippen LogP contribution in [0.4, 0.5) is 0 Å². The molecule has 108 valence electrons. The van der Waals surface area contributed by atoms with Gasteiger partial charge < -0.3 is 10.6 Å². The molecule has 3 fully saturated rings. The molecule has 4 atom stereocenters. The van der Waals surface area contributed by atoms with Crippen LogP contribution >= 0.6 is 0 Å². The van der Waals surface area contributed by atoms with Gasteiger partial charge >= 0.3 is 0 Å². The fourth-order valence-corrected chi connectivity index (χ4v) is 4.66. The zero-order valence-electron chi connectivity index (χ0n) is 12.2. The van der Waals surface area contributed by atoms with Crippen molar-refractivity contribution in [1.82, 2.24) is 10.6 Å². The molecule has 1 amide bonds. The molecule has 2 aliphatic carbocycles. The summed E-state index contributed by atoms with van der Waals surface area (Å²) in [6.07, 6.45) is 8.80. The zero-order chi connectivity index (χ0) is 13.3. The third-order valence-corrected chi connectivity index (χ3v) is 6.04. The van der Waals surface area contributed by atoms with E-state index in [2.05, 4.69) is 17.6 Å². The van der Waals surface area contributed by atoms with Crippen LogP contribution in [0.3, 0.4) is 0 Å². The summed E-state index contributed by atoms with van der Waals surface area (Å²) in [4.78, 5) is 12.6. The van der Waals surface area contributed by atoms with Crippen LogP contribution < -0.4 is 10.6 Å². The van der Waals surface area contributed by atoms with E-state index in [1.807, 2.05) is 0 Å². The summed E-state index contributed by atoms with van der Waals surface area (Å²) in [6, 6.07) is 0. The van der Waals surface area contributed by atoms with E-state index in [0.717, 1.165) is 56.7 Å². The first kappa shape index (κ1) is 13.4. The van der Waals surface area contributed by atoms with Gasteiger partial charge in [0.05, 0.1) is 5.41 Å². The van der Waals surface area contributed by atoms with Crippen LogP contribution in [0, 0.1) is 23.2 Å². The summed E-state index contributed by atoms with van der Waals surface area (Å²) in [7, 11) is 0. The minimum absolute atomic E-state index is 0.129. The van der Waals surface area contributed by atoms with Gasteiger partial charge in [-0.25, -0.2) is 0 Å². The fourth-order valence-electron chi connectivity index (χ4n) is 4.66. The third-order valence-electron chi connectivity index (χ3n) is 6.04. The van der Waals surface area contributed by atoms with E-state index in [0.29, 0.717) is 5.91 Å². The van der Waals surface area contributed by atoms with E-state index in [9.17, 15) is 4.79 Å². The van der Waals surface area contributed by atoms with Crippen LogP contribution in [0.15, 0.2) is 0 Å². The highest BCUT2D eigenvalue weighted by molar-refractivity contribution is 5.83. The highest BCUT2D eigenvalue weighted by Gasteiger charge is 2.41. The van der Waals surface area contributed by atoms with Gasteiger partial charge in [0.2, 0.25) is 5.91 Å². The normalized spacial score (nSPS) is 41.4. The Morgan fingerprint density at radius 3 is 2.84 bits per heavy atom. The van der Waals surface area contributed by atoms with Crippen molar-refractivity contribution in [2.24, 2.45) is 23.2 Å². The second kappa shape index (κ2) is 5.43. The number of hydrogen-bond acceptors (Lipinski definition) is 2. The first-order valence-electron chi connectivity index (χ1n) is 8.22. The summed E-state index contributed by atoms with van der Waals surface area (Å²) < 4.78 is 0. The first-order valence-corrected chi connectivity index (χ1v) is 8.22. The maximum absolute atomic E-state index is 12.6. The first-order chi connectivity index (χ1) is 9.23. The van der Waals surface area contributed by atoms with Gasteiger partial charge in [-0.2, -0.15) is 0 Å². The SMILES string of the molecule is CCC1(C(=O)NCC2CC3CCC2C3)CCCNC1. The maximum atomic E-state index is 12.6. The predicted molar refractivity (Wildman–Crippen MR) is 76.8 cm³/mol. The Bertz CT molecular complexity index is 336. The standard InChI is InChI=1S/C16H28N2O/c1-2-16(6-3-7-17-11-16)15(19)18-10-14-9-12-4-5-13(14)8-12/h12-14,17H,2-11H2,1H3,(H,18,19). The number of carbonyl (C=O) groups is 1. The Labute approximate surface area is 116 Å². The van der Waals surface area contributed by atoms with Gasteiger partial charge in [0.25, 0.3) is 0 Å².